The van der Waals surface area contributed by atoms with E-state index in [2.05, 4.69) is 19.9 Å². The Kier molecular flexibility index (Phi) is 2.82. The predicted molar refractivity (Wildman–Crippen MR) is 28.4 cm³/mol. The first-order chi connectivity index (χ1) is 2.81. The van der Waals surface area contributed by atoms with Gasteiger partial charge in [0.25, 0.3) is 0 Å². The molecule has 0 aliphatic heterocycles. The molecule has 0 heteroatoms. The summed E-state index contributed by atoms with van der Waals surface area (Å²) < 4.78 is 0. The molecule has 0 N–H and O–H groups in total. The summed E-state index contributed by atoms with van der Waals surface area (Å²) in [6.07, 6.45) is 4.17. The van der Waals surface area contributed by atoms with Crippen LogP contribution in [0.25, 0.3) is 0 Å². The Morgan fingerprint density at radius 3 is 2.17 bits per heavy atom. The quantitative estimate of drug-likeness (QED) is 0.455. The average molecular weight is 83.2 g/mol. The molecule has 6 heavy (non-hydrogen) atoms. The molecule has 0 aromatic heterocycles. The second kappa shape index (κ2) is 2.95. The Balaban J connectivity index is 3.22. The molecule has 0 atom stereocenters. The van der Waals surface area contributed by atoms with Crippen molar-refractivity contribution >= 4 is 0 Å². The molecule has 0 aliphatic rings. The first-order valence-electron chi connectivity index (χ1n) is 2.31. The molecule has 0 amide bonds. The lowest BCUT2D eigenvalue weighted by Gasteiger charge is -1.84. The number of hydrogen-bond acceptors (Lipinski definition) is 0. The van der Waals surface area contributed by atoms with Gasteiger partial charge in [0.15, 0.2) is 0 Å². The second-order valence-corrected chi connectivity index (χ2v) is 1.38. The zero-order valence-electron chi connectivity index (χ0n) is 4.71. The minimum Gasteiger partial charge on any atom is -0.0704 e. The molecule has 0 nitrogen and oxygen atoms in total. The zero-order valence-corrected chi connectivity index (χ0v) is 4.71. The van der Waals surface area contributed by atoms with E-state index in [-0.39, 0.29) is 0 Å². The summed E-state index contributed by atoms with van der Waals surface area (Å²) >= 11 is 0. The normalized spacial score (nSPS) is 12.2. The third-order valence-electron chi connectivity index (χ3n) is 0.957. The molecule has 0 rings (SSSR count). The molecule has 0 saturated heterocycles. The van der Waals surface area contributed by atoms with E-state index in [1.54, 1.807) is 0 Å². The lowest BCUT2D eigenvalue weighted by molar-refractivity contribution is 1.08. The van der Waals surface area contributed by atoms with Gasteiger partial charge < -0.3 is 0 Å². The van der Waals surface area contributed by atoms with Crippen LogP contribution in [0.3, 0.4) is 0 Å². The summed E-state index contributed by atoms with van der Waals surface area (Å²) in [6, 6.07) is 0. The van der Waals surface area contributed by atoms with Crippen molar-refractivity contribution in [2.45, 2.75) is 27.2 Å². The van der Waals surface area contributed by atoms with Crippen LogP contribution in [-0.2, 0) is 0 Å². The molecule has 0 heterocycles. The van der Waals surface area contributed by atoms with E-state index < -0.39 is 0 Å². The molecule has 0 fully saturated rings. The monoisotopic (exact) mass is 83.1 g/mol. The molecule has 0 aromatic rings. The highest BCUT2D eigenvalue weighted by molar-refractivity contribution is 4.87. The van der Waals surface area contributed by atoms with Gasteiger partial charge in [-0.1, -0.05) is 12.5 Å². The highest BCUT2D eigenvalue weighted by atomic mass is 13.8. The molecular formula is C6H11. The smallest absolute Gasteiger partial charge is 0.0346 e. The van der Waals surface area contributed by atoms with E-state index in [0.29, 0.717) is 0 Å². The first-order valence-corrected chi connectivity index (χ1v) is 2.31. The van der Waals surface area contributed by atoms with E-state index in [0.717, 1.165) is 6.42 Å². The van der Waals surface area contributed by atoms with Crippen molar-refractivity contribution in [3.05, 3.63) is 11.6 Å². The highest BCUT2D eigenvalue weighted by Gasteiger charge is 1.73. The van der Waals surface area contributed by atoms with Gasteiger partial charge in [-0.15, -0.1) is 0 Å². The molecular weight excluding hydrogens is 72.1 g/mol. The maximum absolute atomic E-state index is 3.03. The van der Waals surface area contributed by atoms with Gasteiger partial charge in [0, 0.05) is 0 Å². The van der Waals surface area contributed by atoms with Gasteiger partial charge in [-0.25, -0.2) is 0 Å². The van der Waals surface area contributed by atoms with Gasteiger partial charge in [-0.05, 0) is 26.3 Å². The minimum absolute atomic E-state index is 1.14. The summed E-state index contributed by atoms with van der Waals surface area (Å²) in [7, 11) is 0. The van der Waals surface area contributed by atoms with Crippen molar-refractivity contribution in [3.63, 3.8) is 0 Å². The van der Waals surface area contributed by atoms with Gasteiger partial charge >= 0.3 is 0 Å². The van der Waals surface area contributed by atoms with Crippen LogP contribution in [-0.4, -0.2) is 0 Å². The third-order valence-corrected chi connectivity index (χ3v) is 0.957. The maximum atomic E-state index is 3.03. The maximum Gasteiger partial charge on any atom is -0.0346 e. The summed E-state index contributed by atoms with van der Waals surface area (Å²) in [4.78, 5) is 0. The van der Waals surface area contributed by atoms with E-state index >= 15 is 0 Å². The Bertz CT molecular complexity index is 51.1. The van der Waals surface area contributed by atoms with Gasteiger partial charge in [-0.3, -0.25) is 0 Å². The van der Waals surface area contributed by atoms with Crippen molar-refractivity contribution < 1.29 is 0 Å². The Hall–Kier alpha value is -0.260. The SMILES string of the molecule is C/[C]=C(/C)CC. The zero-order chi connectivity index (χ0) is 4.99. The molecule has 0 aliphatic carbocycles. The van der Waals surface area contributed by atoms with Crippen LogP contribution in [0, 0.1) is 6.08 Å². The highest BCUT2D eigenvalue weighted by Crippen LogP contribution is 1.93. The van der Waals surface area contributed by atoms with E-state index in [1.165, 1.54) is 5.57 Å². The third kappa shape index (κ3) is 2.01. The van der Waals surface area contributed by atoms with Crippen molar-refractivity contribution in [2.75, 3.05) is 0 Å². The largest absolute Gasteiger partial charge is 0.0704 e. The van der Waals surface area contributed by atoms with Crippen LogP contribution in [0.1, 0.15) is 27.2 Å². The van der Waals surface area contributed by atoms with Gasteiger partial charge in [0.1, 0.15) is 0 Å². The average Bonchev–Trinajstić information content (AvgIpc) is 1.65. The second-order valence-electron chi connectivity index (χ2n) is 1.38. The fourth-order valence-corrected chi connectivity index (χ4v) is 0.177. The summed E-state index contributed by atoms with van der Waals surface area (Å²) in [6.45, 7) is 6.16. The summed E-state index contributed by atoms with van der Waals surface area (Å²) in [5.41, 5.74) is 1.34. The van der Waals surface area contributed by atoms with Crippen LogP contribution in [0.15, 0.2) is 5.57 Å². The predicted octanol–water partition coefficient (Wildman–Crippen LogP) is 2.17. The molecule has 0 unspecified atom stereocenters. The van der Waals surface area contributed by atoms with Crippen LogP contribution >= 0.6 is 0 Å². The summed E-state index contributed by atoms with van der Waals surface area (Å²) in [5.74, 6) is 0. The number of hydrogen-bond donors (Lipinski definition) is 0. The van der Waals surface area contributed by atoms with Crippen LogP contribution in [0.4, 0.5) is 0 Å². The number of rotatable bonds is 1. The number of allylic oxidation sites excluding steroid dienone is 2. The molecule has 0 aromatic carbocycles. The van der Waals surface area contributed by atoms with Crippen molar-refractivity contribution in [3.8, 4) is 0 Å². The van der Waals surface area contributed by atoms with E-state index in [9.17, 15) is 0 Å². The topological polar surface area (TPSA) is 0 Å². The first kappa shape index (κ1) is 5.74. The lowest BCUT2D eigenvalue weighted by Crippen LogP contribution is -1.64. The van der Waals surface area contributed by atoms with E-state index in [1.807, 2.05) is 6.92 Å². The Morgan fingerprint density at radius 2 is 2.17 bits per heavy atom. The van der Waals surface area contributed by atoms with Gasteiger partial charge in [0.05, 0.1) is 0 Å². The van der Waals surface area contributed by atoms with Crippen LogP contribution in [0.5, 0.6) is 0 Å². The van der Waals surface area contributed by atoms with Crippen LogP contribution < -0.4 is 0 Å². The molecule has 35 valence electrons. The Morgan fingerprint density at radius 1 is 1.67 bits per heavy atom. The van der Waals surface area contributed by atoms with Gasteiger partial charge in [0.2, 0.25) is 0 Å². The van der Waals surface area contributed by atoms with Crippen LogP contribution in [0.2, 0.25) is 0 Å². The van der Waals surface area contributed by atoms with Crippen molar-refractivity contribution in [2.24, 2.45) is 0 Å². The fraction of sp³-hybridized carbons (Fsp3) is 0.667. The van der Waals surface area contributed by atoms with Crippen molar-refractivity contribution in [1.82, 2.24) is 0 Å². The Labute approximate surface area is 39.9 Å². The molecule has 0 bridgehead atoms. The van der Waals surface area contributed by atoms with E-state index in [4.69, 9.17) is 0 Å². The molecule has 1 radical (unpaired) electrons. The standard InChI is InChI=1S/C6H11/c1-4-6(3)5-2/h4H2,1-3H3. The molecule has 0 spiro atoms. The minimum atomic E-state index is 1.14. The lowest BCUT2D eigenvalue weighted by atomic mass is 10.2. The fourth-order valence-electron chi connectivity index (χ4n) is 0.177. The van der Waals surface area contributed by atoms with Crippen molar-refractivity contribution in [1.29, 1.82) is 0 Å². The summed E-state index contributed by atoms with van der Waals surface area (Å²) in [5, 5.41) is 0. The molecule has 0 saturated carbocycles. The van der Waals surface area contributed by atoms with Gasteiger partial charge in [-0.2, -0.15) is 0 Å².